The average Bonchev–Trinajstić information content (AvgIpc) is 2.85. The highest BCUT2D eigenvalue weighted by Gasteiger charge is 2.24. The van der Waals surface area contributed by atoms with E-state index in [1.807, 2.05) is 12.4 Å². The second-order valence-electron chi connectivity index (χ2n) is 4.11. The van der Waals surface area contributed by atoms with Gasteiger partial charge in [0.05, 0.1) is 6.04 Å². The normalized spacial score (nSPS) is 22.6. The Morgan fingerprint density at radius 3 is 3.00 bits per heavy atom. The van der Waals surface area contributed by atoms with Gasteiger partial charge in [-0.3, -0.25) is 9.30 Å². The van der Waals surface area contributed by atoms with E-state index >= 15 is 0 Å². The monoisotopic (exact) mass is 202 g/mol. The van der Waals surface area contributed by atoms with Crippen LogP contribution in [0, 0.1) is 0 Å². The quantitative estimate of drug-likeness (QED) is 0.702. The van der Waals surface area contributed by atoms with Gasteiger partial charge in [-0.25, -0.2) is 9.97 Å². The minimum atomic E-state index is 0.518. The lowest BCUT2D eigenvalue weighted by Crippen LogP contribution is -2.19. The third-order valence-corrected chi connectivity index (χ3v) is 3.20. The second-order valence-corrected chi connectivity index (χ2v) is 4.11. The standard InChI is InChI=1S/C11H14N4/c1-14-7-2-3-9(14)10-4-5-12-11-13-6-8-15(10)11/h4-6,8-9H,2-3,7H2,1H3. The Morgan fingerprint density at radius 2 is 2.20 bits per heavy atom. The van der Waals surface area contributed by atoms with Crippen LogP contribution in [-0.2, 0) is 0 Å². The van der Waals surface area contributed by atoms with Crippen LogP contribution in [0.1, 0.15) is 24.6 Å². The Bertz CT molecular complexity index is 476. The maximum Gasteiger partial charge on any atom is 0.233 e. The molecule has 78 valence electrons. The van der Waals surface area contributed by atoms with Crippen LogP contribution in [0.3, 0.4) is 0 Å². The largest absolute Gasteiger partial charge is 0.298 e. The van der Waals surface area contributed by atoms with Crippen molar-refractivity contribution in [2.75, 3.05) is 13.6 Å². The van der Waals surface area contributed by atoms with Crippen LogP contribution in [0.15, 0.2) is 24.7 Å². The van der Waals surface area contributed by atoms with Crippen LogP contribution in [0.4, 0.5) is 0 Å². The summed E-state index contributed by atoms with van der Waals surface area (Å²) >= 11 is 0. The molecule has 4 nitrogen and oxygen atoms in total. The molecule has 1 aliphatic heterocycles. The molecule has 3 heterocycles. The molecule has 0 radical (unpaired) electrons. The van der Waals surface area contributed by atoms with E-state index in [1.54, 1.807) is 6.20 Å². The van der Waals surface area contributed by atoms with E-state index in [0.717, 1.165) is 5.78 Å². The summed E-state index contributed by atoms with van der Waals surface area (Å²) in [7, 11) is 2.18. The highest BCUT2D eigenvalue weighted by molar-refractivity contribution is 5.31. The molecule has 0 N–H and O–H groups in total. The minimum Gasteiger partial charge on any atom is -0.298 e. The van der Waals surface area contributed by atoms with E-state index < -0.39 is 0 Å². The molecule has 1 aliphatic rings. The van der Waals surface area contributed by atoms with Crippen molar-refractivity contribution in [2.45, 2.75) is 18.9 Å². The fraction of sp³-hybridized carbons (Fsp3) is 0.455. The fourth-order valence-corrected chi connectivity index (χ4v) is 2.41. The Morgan fingerprint density at radius 1 is 1.33 bits per heavy atom. The van der Waals surface area contributed by atoms with Gasteiger partial charge in [-0.05, 0) is 32.5 Å². The lowest BCUT2D eigenvalue weighted by molar-refractivity contribution is 0.310. The van der Waals surface area contributed by atoms with E-state index in [0.29, 0.717) is 6.04 Å². The van der Waals surface area contributed by atoms with Crippen molar-refractivity contribution in [3.05, 3.63) is 30.4 Å². The molecule has 0 spiro atoms. The molecule has 1 unspecified atom stereocenters. The molecule has 0 saturated carbocycles. The summed E-state index contributed by atoms with van der Waals surface area (Å²) < 4.78 is 2.09. The van der Waals surface area contributed by atoms with Gasteiger partial charge in [-0.1, -0.05) is 0 Å². The molecule has 0 amide bonds. The van der Waals surface area contributed by atoms with Gasteiger partial charge < -0.3 is 0 Å². The first kappa shape index (κ1) is 8.85. The van der Waals surface area contributed by atoms with Gasteiger partial charge in [0.25, 0.3) is 0 Å². The summed E-state index contributed by atoms with van der Waals surface area (Å²) in [6.45, 7) is 1.18. The van der Waals surface area contributed by atoms with Crippen LogP contribution >= 0.6 is 0 Å². The molecule has 1 saturated heterocycles. The Kier molecular flexibility index (Phi) is 1.95. The summed E-state index contributed by atoms with van der Waals surface area (Å²) in [6, 6.07) is 2.62. The number of likely N-dealkylation sites (tertiary alicyclic amines) is 1. The third kappa shape index (κ3) is 1.33. The molecule has 2 aromatic heterocycles. The average molecular weight is 202 g/mol. The molecule has 0 bridgehead atoms. The smallest absolute Gasteiger partial charge is 0.233 e. The Balaban J connectivity index is 2.13. The maximum atomic E-state index is 4.23. The van der Waals surface area contributed by atoms with Gasteiger partial charge in [-0.15, -0.1) is 0 Å². The van der Waals surface area contributed by atoms with E-state index in [-0.39, 0.29) is 0 Å². The molecule has 0 aliphatic carbocycles. The van der Waals surface area contributed by atoms with Crippen LogP contribution in [-0.4, -0.2) is 32.9 Å². The van der Waals surface area contributed by atoms with E-state index in [4.69, 9.17) is 0 Å². The Hall–Kier alpha value is -1.42. The minimum absolute atomic E-state index is 0.518. The lowest BCUT2D eigenvalue weighted by atomic mass is 10.1. The van der Waals surface area contributed by atoms with Crippen LogP contribution in [0.2, 0.25) is 0 Å². The summed E-state index contributed by atoms with van der Waals surface area (Å²) in [5.41, 5.74) is 1.30. The first-order chi connectivity index (χ1) is 7.36. The van der Waals surface area contributed by atoms with Gasteiger partial charge in [0.15, 0.2) is 0 Å². The molecule has 1 atom stereocenters. The topological polar surface area (TPSA) is 33.4 Å². The van der Waals surface area contributed by atoms with Crippen molar-refractivity contribution < 1.29 is 0 Å². The number of fused-ring (bicyclic) bond motifs is 1. The fourth-order valence-electron chi connectivity index (χ4n) is 2.41. The zero-order chi connectivity index (χ0) is 10.3. The van der Waals surface area contributed by atoms with E-state index in [9.17, 15) is 0 Å². The molecular formula is C11H14N4. The van der Waals surface area contributed by atoms with Crippen molar-refractivity contribution in [3.63, 3.8) is 0 Å². The predicted octanol–water partition coefficient (Wildman–Crippen LogP) is 1.50. The molecule has 4 heteroatoms. The van der Waals surface area contributed by atoms with E-state index in [1.165, 1.54) is 25.1 Å². The van der Waals surface area contributed by atoms with Gasteiger partial charge in [0.2, 0.25) is 5.78 Å². The summed E-state index contributed by atoms with van der Waals surface area (Å²) in [5, 5.41) is 0. The van der Waals surface area contributed by atoms with Crippen LogP contribution < -0.4 is 0 Å². The maximum absolute atomic E-state index is 4.23. The molecule has 1 fully saturated rings. The first-order valence-electron chi connectivity index (χ1n) is 5.34. The molecule has 0 aromatic carbocycles. The number of rotatable bonds is 1. The van der Waals surface area contributed by atoms with Crippen molar-refractivity contribution in [3.8, 4) is 0 Å². The molecular weight excluding hydrogens is 188 g/mol. The summed E-state index contributed by atoms with van der Waals surface area (Å²) in [5.74, 6) is 0.799. The van der Waals surface area contributed by atoms with Crippen molar-refractivity contribution >= 4 is 5.78 Å². The third-order valence-electron chi connectivity index (χ3n) is 3.20. The highest BCUT2D eigenvalue weighted by Crippen LogP contribution is 2.29. The SMILES string of the molecule is CN1CCCC1c1ccnc2nccn12. The van der Waals surface area contributed by atoms with Crippen molar-refractivity contribution in [1.82, 2.24) is 19.3 Å². The summed E-state index contributed by atoms with van der Waals surface area (Å²) in [4.78, 5) is 10.8. The first-order valence-corrected chi connectivity index (χ1v) is 5.34. The lowest BCUT2D eigenvalue weighted by Gasteiger charge is -2.20. The van der Waals surface area contributed by atoms with Gasteiger partial charge in [-0.2, -0.15) is 0 Å². The van der Waals surface area contributed by atoms with Gasteiger partial charge in [0, 0.05) is 24.3 Å². The van der Waals surface area contributed by atoms with Crippen molar-refractivity contribution in [2.24, 2.45) is 0 Å². The van der Waals surface area contributed by atoms with Crippen LogP contribution in [0.5, 0.6) is 0 Å². The Labute approximate surface area is 88.6 Å². The molecule has 2 aromatic rings. The predicted molar refractivity (Wildman–Crippen MR) is 57.6 cm³/mol. The number of imidazole rings is 1. The van der Waals surface area contributed by atoms with Crippen molar-refractivity contribution in [1.29, 1.82) is 0 Å². The zero-order valence-electron chi connectivity index (χ0n) is 8.80. The van der Waals surface area contributed by atoms with Gasteiger partial charge in [0.1, 0.15) is 0 Å². The van der Waals surface area contributed by atoms with E-state index in [2.05, 4.69) is 32.4 Å². The van der Waals surface area contributed by atoms with Gasteiger partial charge >= 0.3 is 0 Å². The molecule has 3 rings (SSSR count). The summed E-state index contributed by atoms with van der Waals surface area (Å²) in [6.07, 6.45) is 8.15. The van der Waals surface area contributed by atoms with Crippen LogP contribution in [0.25, 0.3) is 5.78 Å². The zero-order valence-corrected chi connectivity index (χ0v) is 8.80. The number of aromatic nitrogens is 3. The second kappa shape index (κ2) is 3.31. The number of hydrogen-bond acceptors (Lipinski definition) is 3. The number of nitrogens with zero attached hydrogens (tertiary/aromatic N) is 4. The number of hydrogen-bond donors (Lipinski definition) is 0. The highest BCUT2D eigenvalue weighted by atomic mass is 15.2. The molecule has 15 heavy (non-hydrogen) atoms.